The van der Waals surface area contributed by atoms with Gasteiger partial charge in [-0.05, 0) is 43.5 Å². The molecule has 4 rings (SSSR count). The van der Waals surface area contributed by atoms with Gasteiger partial charge in [0.2, 0.25) is 0 Å². The van der Waals surface area contributed by atoms with E-state index in [4.69, 9.17) is 0 Å². The molecule has 4 heteroatoms. The van der Waals surface area contributed by atoms with Crippen molar-refractivity contribution in [3.8, 4) is 0 Å². The van der Waals surface area contributed by atoms with Gasteiger partial charge in [-0.1, -0.05) is 29.8 Å². The van der Waals surface area contributed by atoms with Crippen molar-refractivity contribution < 1.29 is 4.79 Å². The van der Waals surface area contributed by atoms with Crippen molar-refractivity contribution in [3.63, 3.8) is 0 Å². The number of nitrogens with zero attached hydrogens (tertiary/aromatic N) is 2. The molecule has 0 bridgehead atoms. The van der Waals surface area contributed by atoms with Gasteiger partial charge in [0, 0.05) is 19.0 Å². The molecule has 4 nitrogen and oxygen atoms in total. The SMILES string of the molecule is CC(=O)c1cnc2n1CCc1ccccc1C2=C1CCNCC1. The highest BCUT2D eigenvalue weighted by atomic mass is 16.1. The second-order valence-electron chi connectivity index (χ2n) is 6.31. The number of imidazole rings is 1. The maximum Gasteiger partial charge on any atom is 0.177 e. The quantitative estimate of drug-likeness (QED) is 0.824. The van der Waals surface area contributed by atoms with Gasteiger partial charge >= 0.3 is 0 Å². The van der Waals surface area contributed by atoms with E-state index in [1.54, 1.807) is 13.1 Å². The van der Waals surface area contributed by atoms with Crippen LogP contribution in [0.4, 0.5) is 0 Å². The molecule has 0 amide bonds. The van der Waals surface area contributed by atoms with E-state index in [0.29, 0.717) is 0 Å². The average molecular weight is 307 g/mol. The number of rotatable bonds is 1. The van der Waals surface area contributed by atoms with E-state index in [2.05, 4.69) is 39.1 Å². The number of nitrogens with one attached hydrogen (secondary N) is 1. The van der Waals surface area contributed by atoms with Crippen molar-refractivity contribution in [2.45, 2.75) is 32.7 Å². The lowest BCUT2D eigenvalue weighted by Gasteiger charge is -2.21. The van der Waals surface area contributed by atoms with Crippen LogP contribution in [0.15, 0.2) is 36.0 Å². The Hall–Kier alpha value is -2.20. The molecule has 0 atom stereocenters. The molecule has 2 aliphatic heterocycles. The van der Waals surface area contributed by atoms with E-state index in [1.165, 1.54) is 22.3 Å². The Balaban J connectivity index is 1.97. The Labute approximate surface area is 136 Å². The van der Waals surface area contributed by atoms with Crippen LogP contribution >= 0.6 is 0 Å². The van der Waals surface area contributed by atoms with Crippen LogP contribution in [-0.4, -0.2) is 28.4 Å². The largest absolute Gasteiger partial charge is 0.321 e. The number of fused-ring (bicyclic) bond motifs is 2. The van der Waals surface area contributed by atoms with E-state index in [9.17, 15) is 4.79 Å². The zero-order valence-electron chi connectivity index (χ0n) is 13.4. The fraction of sp³-hybridized carbons (Fsp3) is 0.368. The van der Waals surface area contributed by atoms with Crippen LogP contribution in [0.3, 0.4) is 0 Å². The molecule has 1 fully saturated rings. The first-order valence-corrected chi connectivity index (χ1v) is 8.33. The lowest BCUT2D eigenvalue weighted by molar-refractivity contribution is 0.100. The number of Topliss-reactive ketones (excluding diaryl/α,β-unsaturated/α-hetero) is 1. The van der Waals surface area contributed by atoms with Gasteiger partial charge in [-0.2, -0.15) is 0 Å². The molecule has 23 heavy (non-hydrogen) atoms. The van der Waals surface area contributed by atoms with Crippen molar-refractivity contribution in [1.29, 1.82) is 0 Å². The second-order valence-corrected chi connectivity index (χ2v) is 6.31. The van der Waals surface area contributed by atoms with Gasteiger partial charge in [0.05, 0.1) is 6.20 Å². The zero-order chi connectivity index (χ0) is 15.8. The lowest BCUT2D eigenvalue weighted by atomic mass is 9.90. The first-order chi connectivity index (χ1) is 11.3. The lowest BCUT2D eigenvalue weighted by Crippen LogP contribution is -2.24. The molecule has 0 radical (unpaired) electrons. The van der Waals surface area contributed by atoms with Crippen molar-refractivity contribution in [1.82, 2.24) is 14.9 Å². The van der Waals surface area contributed by atoms with Crippen molar-refractivity contribution in [2.24, 2.45) is 0 Å². The average Bonchev–Trinajstić information content (AvgIpc) is 2.92. The fourth-order valence-electron chi connectivity index (χ4n) is 3.74. The minimum Gasteiger partial charge on any atom is -0.321 e. The molecule has 0 aliphatic carbocycles. The number of benzene rings is 1. The number of hydrogen-bond donors (Lipinski definition) is 1. The predicted molar refractivity (Wildman–Crippen MR) is 90.5 cm³/mol. The zero-order valence-corrected chi connectivity index (χ0v) is 13.4. The maximum atomic E-state index is 12.0. The summed E-state index contributed by atoms with van der Waals surface area (Å²) in [5.41, 5.74) is 6.09. The summed E-state index contributed by atoms with van der Waals surface area (Å²) in [6, 6.07) is 8.61. The molecule has 0 spiro atoms. The summed E-state index contributed by atoms with van der Waals surface area (Å²) >= 11 is 0. The summed E-state index contributed by atoms with van der Waals surface area (Å²) in [4.78, 5) is 16.6. The monoisotopic (exact) mass is 307 g/mol. The van der Waals surface area contributed by atoms with E-state index in [-0.39, 0.29) is 5.78 Å². The third-order valence-corrected chi connectivity index (χ3v) is 4.89. The minimum absolute atomic E-state index is 0.0874. The first-order valence-electron chi connectivity index (χ1n) is 8.33. The predicted octanol–water partition coefficient (Wildman–Crippen LogP) is 2.83. The molecule has 118 valence electrons. The standard InChI is InChI=1S/C19H21N3O/c1-13(23)17-12-21-19-18(15-6-9-20-10-7-15)16-5-3-2-4-14(16)8-11-22(17)19/h2-5,12,20H,6-11H2,1H3. The van der Waals surface area contributed by atoms with E-state index in [1.807, 2.05) is 0 Å². The highest BCUT2D eigenvalue weighted by Gasteiger charge is 2.25. The Bertz CT molecular complexity index is 793. The van der Waals surface area contributed by atoms with Crippen molar-refractivity contribution >= 4 is 11.4 Å². The molecular formula is C19H21N3O. The highest BCUT2D eigenvalue weighted by Crippen LogP contribution is 2.35. The summed E-state index contributed by atoms with van der Waals surface area (Å²) in [6.45, 7) is 4.47. The molecule has 2 aromatic rings. The topological polar surface area (TPSA) is 46.9 Å². The molecule has 1 aromatic heterocycles. The van der Waals surface area contributed by atoms with Crippen LogP contribution in [-0.2, 0) is 13.0 Å². The van der Waals surface area contributed by atoms with Crippen LogP contribution in [0.25, 0.3) is 5.57 Å². The number of piperidine rings is 1. The summed E-state index contributed by atoms with van der Waals surface area (Å²) in [5.74, 6) is 1.06. The number of aryl methyl sites for hydroxylation is 1. The first kappa shape index (κ1) is 14.4. The van der Waals surface area contributed by atoms with Crippen LogP contribution in [0.1, 0.15) is 47.2 Å². The van der Waals surface area contributed by atoms with Crippen LogP contribution in [0, 0.1) is 0 Å². The third kappa shape index (κ3) is 2.43. The Morgan fingerprint density at radius 3 is 2.74 bits per heavy atom. The molecule has 1 N–H and O–H groups in total. The van der Waals surface area contributed by atoms with Crippen LogP contribution in [0.5, 0.6) is 0 Å². The van der Waals surface area contributed by atoms with Gasteiger partial charge in [0.15, 0.2) is 5.78 Å². The number of carbonyl (C=O) groups is 1. The number of carbonyl (C=O) groups excluding carboxylic acids is 1. The molecule has 1 aromatic carbocycles. The molecular weight excluding hydrogens is 286 g/mol. The molecule has 3 heterocycles. The number of hydrogen-bond acceptors (Lipinski definition) is 3. The van der Waals surface area contributed by atoms with Gasteiger partial charge in [-0.3, -0.25) is 4.79 Å². The summed E-state index contributed by atoms with van der Waals surface area (Å²) in [5, 5.41) is 3.43. The van der Waals surface area contributed by atoms with Crippen molar-refractivity contribution in [3.05, 3.63) is 58.7 Å². The normalized spacial score (nSPS) is 17.4. The highest BCUT2D eigenvalue weighted by molar-refractivity contribution is 5.93. The minimum atomic E-state index is 0.0874. The molecule has 0 saturated carbocycles. The van der Waals surface area contributed by atoms with Gasteiger partial charge in [0.1, 0.15) is 11.5 Å². The molecule has 0 unspecified atom stereocenters. The Kier molecular flexibility index (Phi) is 3.62. The number of aromatic nitrogens is 2. The van der Waals surface area contributed by atoms with Gasteiger partial charge < -0.3 is 9.88 Å². The fourth-order valence-corrected chi connectivity index (χ4v) is 3.74. The van der Waals surface area contributed by atoms with Gasteiger partial charge in [0.25, 0.3) is 0 Å². The van der Waals surface area contributed by atoms with E-state index >= 15 is 0 Å². The summed E-state index contributed by atoms with van der Waals surface area (Å²) < 4.78 is 2.12. The van der Waals surface area contributed by atoms with Gasteiger partial charge in [-0.25, -0.2) is 4.98 Å². The van der Waals surface area contributed by atoms with Crippen LogP contribution in [0.2, 0.25) is 0 Å². The van der Waals surface area contributed by atoms with Crippen LogP contribution < -0.4 is 5.32 Å². The summed E-state index contributed by atoms with van der Waals surface area (Å²) in [7, 11) is 0. The van der Waals surface area contributed by atoms with Crippen molar-refractivity contribution in [2.75, 3.05) is 13.1 Å². The maximum absolute atomic E-state index is 12.0. The molecule has 2 aliphatic rings. The third-order valence-electron chi connectivity index (χ3n) is 4.89. The number of ketones is 1. The Morgan fingerprint density at radius 2 is 1.96 bits per heavy atom. The molecule has 1 saturated heterocycles. The van der Waals surface area contributed by atoms with E-state index < -0.39 is 0 Å². The smallest absolute Gasteiger partial charge is 0.177 e. The van der Waals surface area contributed by atoms with E-state index in [0.717, 1.165) is 50.4 Å². The summed E-state index contributed by atoms with van der Waals surface area (Å²) in [6.07, 6.45) is 4.78. The van der Waals surface area contributed by atoms with Gasteiger partial charge in [-0.15, -0.1) is 0 Å². The second kappa shape index (κ2) is 5.78. The Morgan fingerprint density at radius 1 is 1.17 bits per heavy atom.